The highest BCUT2D eigenvalue weighted by molar-refractivity contribution is 5.02. The summed E-state index contributed by atoms with van der Waals surface area (Å²) in [6, 6.07) is 0. The molecule has 0 saturated heterocycles. The number of hydrogen-bond donors (Lipinski definition) is 0. The molecule has 94 valence electrons. The number of allylic oxidation sites excluding steroid dienone is 4. The highest BCUT2D eigenvalue weighted by atomic mass is 13.9. The van der Waals surface area contributed by atoms with Gasteiger partial charge in [-0.15, -0.1) is 0 Å². The smallest absolute Gasteiger partial charge is 0.0348 e. The SMILES string of the molecule is CCCC=C/C=C/CCCCCCCCC. The molecule has 0 aliphatic rings. The molecule has 0 unspecified atom stereocenters. The van der Waals surface area contributed by atoms with E-state index in [-0.39, 0.29) is 0 Å². The van der Waals surface area contributed by atoms with Gasteiger partial charge in [0, 0.05) is 0 Å². The molecular weight excluding hydrogens is 192 g/mol. The first-order valence-electron chi connectivity index (χ1n) is 7.23. The van der Waals surface area contributed by atoms with E-state index in [1.54, 1.807) is 0 Å². The summed E-state index contributed by atoms with van der Waals surface area (Å²) in [4.78, 5) is 0. The summed E-state index contributed by atoms with van der Waals surface area (Å²) in [5, 5.41) is 0. The first-order valence-corrected chi connectivity index (χ1v) is 7.23. The molecule has 0 aliphatic heterocycles. The minimum atomic E-state index is 1.21. The Morgan fingerprint density at radius 1 is 0.562 bits per heavy atom. The van der Waals surface area contributed by atoms with E-state index < -0.39 is 0 Å². The highest BCUT2D eigenvalue weighted by Gasteiger charge is 1.88. The zero-order valence-corrected chi connectivity index (χ0v) is 11.4. The number of unbranched alkanes of at least 4 members (excludes halogenated alkanes) is 8. The molecule has 0 heteroatoms. The van der Waals surface area contributed by atoms with Gasteiger partial charge in [0.05, 0.1) is 0 Å². The molecule has 0 aromatic heterocycles. The Labute approximate surface area is 103 Å². The average Bonchev–Trinajstić information content (AvgIpc) is 2.31. The maximum absolute atomic E-state index is 2.30. The Balaban J connectivity index is 3.08. The standard InChI is InChI=1S/C16H30/c1-3-5-7-9-11-13-15-16-14-12-10-8-6-4-2/h7,9,11,13H,3-6,8,10,12,14-16H2,1-2H3/b9-7?,13-11+. The van der Waals surface area contributed by atoms with Gasteiger partial charge in [-0.2, -0.15) is 0 Å². The fourth-order valence-electron chi connectivity index (χ4n) is 1.74. The largest absolute Gasteiger partial charge is 0.0846 e. The van der Waals surface area contributed by atoms with E-state index in [0.29, 0.717) is 0 Å². The van der Waals surface area contributed by atoms with Gasteiger partial charge in [0.15, 0.2) is 0 Å². The Hall–Kier alpha value is -0.520. The van der Waals surface area contributed by atoms with Gasteiger partial charge in [0.2, 0.25) is 0 Å². The van der Waals surface area contributed by atoms with Crippen LogP contribution in [0.5, 0.6) is 0 Å². The van der Waals surface area contributed by atoms with Crippen LogP contribution in [0, 0.1) is 0 Å². The van der Waals surface area contributed by atoms with Crippen molar-refractivity contribution in [3.63, 3.8) is 0 Å². The fraction of sp³-hybridized carbons (Fsp3) is 0.750. The van der Waals surface area contributed by atoms with E-state index in [2.05, 4.69) is 38.2 Å². The second kappa shape index (κ2) is 14.5. The third kappa shape index (κ3) is 13.5. The van der Waals surface area contributed by atoms with Crippen molar-refractivity contribution in [3.8, 4) is 0 Å². The molecule has 0 aromatic carbocycles. The maximum Gasteiger partial charge on any atom is -0.0348 e. The van der Waals surface area contributed by atoms with Gasteiger partial charge in [0.1, 0.15) is 0 Å². The topological polar surface area (TPSA) is 0 Å². The zero-order chi connectivity index (χ0) is 11.9. The first-order chi connectivity index (χ1) is 7.91. The quantitative estimate of drug-likeness (QED) is 0.295. The molecule has 16 heavy (non-hydrogen) atoms. The lowest BCUT2D eigenvalue weighted by Gasteiger charge is -1.98. The van der Waals surface area contributed by atoms with Gasteiger partial charge in [-0.3, -0.25) is 0 Å². The summed E-state index contributed by atoms with van der Waals surface area (Å²) in [7, 11) is 0. The molecule has 0 amide bonds. The third-order valence-corrected chi connectivity index (χ3v) is 2.81. The average molecular weight is 222 g/mol. The van der Waals surface area contributed by atoms with E-state index in [1.165, 1.54) is 64.2 Å². The summed E-state index contributed by atoms with van der Waals surface area (Å²) in [6.07, 6.45) is 22.5. The van der Waals surface area contributed by atoms with E-state index in [4.69, 9.17) is 0 Å². The van der Waals surface area contributed by atoms with Crippen molar-refractivity contribution in [2.24, 2.45) is 0 Å². The predicted molar refractivity (Wildman–Crippen MR) is 75.8 cm³/mol. The molecule has 0 N–H and O–H groups in total. The molecule has 0 spiro atoms. The van der Waals surface area contributed by atoms with Crippen LogP contribution in [0.25, 0.3) is 0 Å². The van der Waals surface area contributed by atoms with Crippen molar-refractivity contribution < 1.29 is 0 Å². The summed E-state index contributed by atoms with van der Waals surface area (Å²) < 4.78 is 0. The summed E-state index contributed by atoms with van der Waals surface area (Å²) in [6.45, 7) is 4.49. The fourth-order valence-corrected chi connectivity index (χ4v) is 1.74. The third-order valence-electron chi connectivity index (χ3n) is 2.81. The van der Waals surface area contributed by atoms with Crippen LogP contribution in [0.2, 0.25) is 0 Å². The van der Waals surface area contributed by atoms with Crippen molar-refractivity contribution in [1.29, 1.82) is 0 Å². The van der Waals surface area contributed by atoms with E-state index in [1.807, 2.05) is 0 Å². The van der Waals surface area contributed by atoms with Crippen molar-refractivity contribution in [1.82, 2.24) is 0 Å². The Bertz CT molecular complexity index is 165. The molecule has 0 aromatic rings. The molecule has 0 bridgehead atoms. The van der Waals surface area contributed by atoms with E-state index in [0.717, 1.165) is 0 Å². The first kappa shape index (κ1) is 15.5. The minimum Gasteiger partial charge on any atom is -0.0846 e. The van der Waals surface area contributed by atoms with Gasteiger partial charge in [-0.1, -0.05) is 83.1 Å². The van der Waals surface area contributed by atoms with E-state index in [9.17, 15) is 0 Å². The maximum atomic E-state index is 2.30. The summed E-state index contributed by atoms with van der Waals surface area (Å²) in [5.41, 5.74) is 0. The van der Waals surface area contributed by atoms with E-state index >= 15 is 0 Å². The van der Waals surface area contributed by atoms with Gasteiger partial charge in [-0.25, -0.2) is 0 Å². The Kier molecular flexibility index (Phi) is 14.0. The number of hydrogen-bond acceptors (Lipinski definition) is 0. The molecule has 0 saturated carbocycles. The lowest BCUT2D eigenvalue weighted by molar-refractivity contribution is 0.592. The zero-order valence-electron chi connectivity index (χ0n) is 11.4. The second-order valence-electron chi connectivity index (χ2n) is 4.55. The van der Waals surface area contributed by atoms with Gasteiger partial charge in [-0.05, 0) is 19.3 Å². The van der Waals surface area contributed by atoms with Crippen molar-refractivity contribution in [2.45, 2.75) is 78.1 Å². The van der Waals surface area contributed by atoms with Gasteiger partial charge >= 0.3 is 0 Å². The van der Waals surface area contributed by atoms with Crippen molar-refractivity contribution in [3.05, 3.63) is 24.3 Å². The molecule has 0 heterocycles. The van der Waals surface area contributed by atoms with Gasteiger partial charge < -0.3 is 0 Å². The number of rotatable bonds is 11. The molecule has 0 fully saturated rings. The van der Waals surface area contributed by atoms with Crippen LogP contribution in [0.1, 0.15) is 78.1 Å². The minimum absolute atomic E-state index is 1.21. The second-order valence-corrected chi connectivity index (χ2v) is 4.55. The summed E-state index contributed by atoms with van der Waals surface area (Å²) in [5.74, 6) is 0. The predicted octanol–water partition coefficient (Wildman–Crippen LogP) is 6.04. The monoisotopic (exact) mass is 222 g/mol. The van der Waals surface area contributed by atoms with Crippen LogP contribution in [0.15, 0.2) is 24.3 Å². The molecule has 0 atom stereocenters. The Morgan fingerprint density at radius 2 is 1.12 bits per heavy atom. The van der Waals surface area contributed by atoms with Crippen LogP contribution in [0.3, 0.4) is 0 Å². The van der Waals surface area contributed by atoms with Crippen molar-refractivity contribution in [2.75, 3.05) is 0 Å². The van der Waals surface area contributed by atoms with Crippen LogP contribution < -0.4 is 0 Å². The molecular formula is C16H30. The highest BCUT2D eigenvalue weighted by Crippen LogP contribution is 2.08. The molecule has 0 radical (unpaired) electrons. The normalized spacial score (nSPS) is 11.9. The molecule has 0 nitrogen and oxygen atoms in total. The molecule has 0 rings (SSSR count). The van der Waals surface area contributed by atoms with Crippen molar-refractivity contribution >= 4 is 0 Å². The summed E-state index contributed by atoms with van der Waals surface area (Å²) >= 11 is 0. The lowest BCUT2D eigenvalue weighted by Crippen LogP contribution is -1.78. The van der Waals surface area contributed by atoms with Crippen LogP contribution in [-0.2, 0) is 0 Å². The van der Waals surface area contributed by atoms with Crippen LogP contribution in [0.4, 0.5) is 0 Å². The lowest BCUT2D eigenvalue weighted by atomic mass is 10.1. The Morgan fingerprint density at radius 3 is 1.75 bits per heavy atom. The molecule has 0 aliphatic carbocycles. The van der Waals surface area contributed by atoms with Gasteiger partial charge in [0.25, 0.3) is 0 Å². The van der Waals surface area contributed by atoms with Crippen LogP contribution >= 0.6 is 0 Å². The van der Waals surface area contributed by atoms with Crippen LogP contribution in [-0.4, -0.2) is 0 Å².